The number of nitrogens with zero attached hydrogens (tertiary/aromatic N) is 8. The highest BCUT2D eigenvalue weighted by Crippen LogP contribution is 1.92. The second-order valence-electron chi connectivity index (χ2n) is 2.57. The maximum atomic E-state index is 8.49. The molecule has 14 heavy (non-hydrogen) atoms. The molecule has 70 valence electrons. The van der Waals surface area contributed by atoms with Gasteiger partial charge in [0.1, 0.15) is 18.9 Å². The molecule has 8 nitrogen and oxygen atoms in total. The molecule has 0 bridgehead atoms. The molecular weight excluding hydrogens is 184 g/mol. The van der Waals surface area contributed by atoms with Crippen molar-refractivity contribution in [3.05, 3.63) is 18.0 Å². The van der Waals surface area contributed by atoms with Crippen LogP contribution in [0, 0.1) is 11.3 Å². The van der Waals surface area contributed by atoms with Crippen molar-refractivity contribution in [2.24, 2.45) is 7.05 Å². The minimum Gasteiger partial charge on any atom is -0.244 e. The van der Waals surface area contributed by atoms with Gasteiger partial charge in [-0.2, -0.15) is 10.1 Å². The number of nitriles is 1. The summed E-state index contributed by atoms with van der Waals surface area (Å²) in [5.41, 5.74) is 0. The third-order valence-electron chi connectivity index (χ3n) is 1.49. The molecular formula is C6H6N8. The fraction of sp³-hybridized carbons (Fsp3) is 0.333. The average Bonchev–Trinajstić information content (AvgIpc) is 2.76. The van der Waals surface area contributed by atoms with Crippen LogP contribution in [0.5, 0.6) is 0 Å². The summed E-state index contributed by atoms with van der Waals surface area (Å²) < 4.78 is 1.48. The van der Waals surface area contributed by atoms with E-state index in [0.717, 1.165) is 0 Å². The highest BCUT2D eigenvalue weighted by molar-refractivity contribution is 5.05. The second kappa shape index (κ2) is 3.21. The van der Waals surface area contributed by atoms with Crippen molar-refractivity contribution < 1.29 is 0 Å². The molecule has 0 spiro atoms. The molecule has 0 aliphatic heterocycles. The van der Waals surface area contributed by atoms with Gasteiger partial charge >= 0.3 is 0 Å². The standard InChI is InChI=1S/C6H6N8/c1-13-10-6(9-12-13)3-14-4-8-5(2-7)11-14/h4H,3H2,1H3. The molecule has 0 atom stereocenters. The van der Waals surface area contributed by atoms with Gasteiger partial charge in [0.05, 0.1) is 7.05 Å². The van der Waals surface area contributed by atoms with Gasteiger partial charge in [-0.15, -0.1) is 15.3 Å². The van der Waals surface area contributed by atoms with Crippen LogP contribution in [0.15, 0.2) is 6.33 Å². The Labute approximate surface area is 78.8 Å². The van der Waals surface area contributed by atoms with Gasteiger partial charge in [0.2, 0.25) is 0 Å². The zero-order valence-corrected chi connectivity index (χ0v) is 7.36. The number of rotatable bonds is 2. The summed E-state index contributed by atoms with van der Waals surface area (Å²) >= 11 is 0. The summed E-state index contributed by atoms with van der Waals surface area (Å²) in [5, 5.41) is 23.8. The minimum absolute atomic E-state index is 0.133. The van der Waals surface area contributed by atoms with Crippen LogP contribution in [-0.4, -0.2) is 35.0 Å². The minimum atomic E-state index is 0.133. The summed E-state index contributed by atoms with van der Waals surface area (Å²) in [4.78, 5) is 5.10. The summed E-state index contributed by atoms with van der Waals surface area (Å²) in [5.74, 6) is 0.663. The Balaban J connectivity index is 2.15. The smallest absolute Gasteiger partial charge is 0.244 e. The van der Waals surface area contributed by atoms with Crippen molar-refractivity contribution in [1.82, 2.24) is 35.0 Å². The lowest BCUT2D eigenvalue weighted by Crippen LogP contribution is -2.03. The summed E-state index contributed by atoms with van der Waals surface area (Å²) in [7, 11) is 1.68. The van der Waals surface area contributed by atoms with Gasteiger partial charge in [-0.05, 0) is 5.21 Å². The van der Waals surface area contributed by atoms with Gasteiger partial charge in [0.25, 0.3) is 5.82 Å². The van der Waals surface area contributed by atoms with Crippen molar-refractivity contribution in [2.75, 3.05) is 0 Å². The van der Waals surface area contributed by atoms with E-state index in [0.29, 0.717) is 12.4 Å². The van der Waals surface area contributed by atoms with Crippen molar-refractivity contribution in [3.63, 3.8) is 0 Å². The van der Waals surface area contributed by atoms with E-state index >= 15 is 0 Å². The Bertz CT molecular complexity index is 474. The van der Waals surface area contributed by atoms with Crippen LogP contribution in [-0.2, 0) is 13.6 Å². The van der Waals surface area contributed by atoms with Gasteiger partial charge in [0.15, 0.2) is 5.82 Å². The second-order valence-corrected chi connectivity index (χ2v) is 2.57. The maximum absolute atomic E-state index is 8.49. The quantitative estimate of drug-likeness (QED) is 0.585. The first kappa shape index (κ1) is 8.31. The number of hydrogen-bond donors (Lipinski definition) is 0. The molecule has 0 fully saturated rings. The first-order valence-electron chi connectivity index (χ1n) is 3.80. The Morgan fingerprint density at radius 3 is 2.93 bits per heavy atom. The lowest BCUT2D eigenvalue weighted by molar-refractivity contribution is 0.616. The highest BCUT2D eigenvalue weighted by atomic mass is 15.6. The monoisotopic (exact) mass is 190 g/mol. The molecule has 8 heteroatoms. The Morgan fingerprint density at radius 1 is 1.50 bits per heavy atom. The van der Waals surface area contributed by atoms with Gasteiger partial charge in [-0.25, -0.2) is 9.67 Å². The largest absolute Gasteiger partial charge is 0.252 e. The van der Waals surface area contributed by atoms with Crippen molar-refractivity contribution in [2.45, 2.75) is 6.54 Å². The number of hydrogen-bond acceptors (Lipinski definition) is 6. The molecule has 2 aromatic heterocycles. The predicted molar refractivity (Wildman–Crippen MR) is 42.6 cm³/mol. The first-order chi connectivity index (χ1) is 6.78. The SMILES string of the molecule is Cn1nnc(Cn2cnc(C#N)n2)n1. The number of tetrazole rings is 1. The third-order valence-corrected chi connectivity index (χ3v) is 1.49. The van der Waals surface area contributed by atoms with Gasteiger partial charge in [-0.3, -0.25) is 0 Å². The maximum Gasteiger partial charge on any atom is 0.252 e. The van der Waals surface area contributed by atoms with Crippen LogP contribution in [0.3, 0.4) is 0 Å². The van der Waals surface area contributed by atoms with E-state index in [9.17, 15) is 0 Å². The van der Waals surface area contributed by atoms with Crippen molar-refractivity contribution >= 4 is 0 Å². The Kier molecular flexibility index (Phi) is 1.91. The summed E-state index contributed by atoms with van der Waals surface area (Å²) in [6.07, 6.45) is 1.45. The number of aromatic nitrogens is 7. The lowest BCUT2D eigenvalue weighted by Gasteiger charge is -1.91. The van der Waals surface area contributed by atoms with Crippen molar-refractivity contribution in [1.29, 1.82) is 5.26 Å². The van der Waals surface area contributed by atoms with E-state index < -0.39 is 0 Å². The average molecular weight is 190 g/mol. The van der Waals surface area contributed by atoms with E-state index in [-0.39, 0.29) is 5.82 Å². The van der Waals surface area contributed by atoms with E-state index in [1.165, 1.54) is 15.8 Å². The lowest BCUT2D eigenvalue weighted by atomic mass is 10.6. The fourth-order valence-corrected chi connectivity index (χ4v) is 0.954. The molecule has 0 amide bonds. The summed E-state index contributed by atoms with van der Waals surface area (Å²) in [6.45, 7) is 0.364. The summed E-state index contributed by atoms with van der Waals surface area (Å²) in [6, 6.07) is 1.83. The molecule has 2 heterocycles. The topological polar surface area (TPSA) is 98.1 Å². The van der Waals surface area contributed by atoms with Crippen LogP contribution in [0.2, 0.25) is 0 Å². The van der Waals surface area contributed by atoms with Crippen LogP contribution in [0.25, 0.3) is 0 Å². The van der Waals surface area contributed by atoms with Crippen LogP contribution in [0.1, 0.15) is 11.6 Å². The molecule has 0 aliphatic carbocycles. The van der Waals surface area contributed by atoms with Gasteiger partial charge in [-0.1, -0.05) is 0 Å². The molecule has 0 saturated carbocycles. The Morgan fingerprint density at radius 2 is 2.36 bits per heavy atom. The van der Waals surface area contributed by atoms with E-state index in [1.54, 1.807) is 7.05 Å². The molecule has 0 N–H and O–H groups in total. The zero-order valence-electron chi connectivity index (χ0n) is 7.36. The van der Waals surface area contributed by atoms with Crippen molar-refractivity contribution in [3.8, 4) is 6.07 Å². The first-order valence-corrected chi connectivity index (χ1v) is 3.80. The Hall–Kier alpha value is -2.30. The van der Waals surface area contributed by atoms with E-state index in [1.807, 2.05) is 6.07 Å². The normalized spacial score (nSPS) is 10.0. The fourth-order valence-electron chi connectivity index (χ4n) is 0.954. The van der Waals surface area contributed by atoms with Crippen LogP contribution < -0.4 is 0 Å². The van der Waals surface area contributed by atoms with E-state index in [2.05, 4.69) is 25.5 Å². The molecule has 2 aromatic rings. The molecule has 0 unspecified atom stereocenters. The van der Waals surface area contributed by atoms with E-state index in [4.69, 9.17) is 5.26 Å². The molecule has 0 aliphatic rings. The van der Waals surface area contributed by atoms with Gasteiger partial charge in [0, 0.05) is 0 Å². The predicted octanol–water partition coefficient (Wildman–Crippen LogP) is -1.28. The highest BCUT2D eigenvalue weighted by Gasteiger charge is 2.03. The van der Waals surface area contributed by atoms with Gasteiger partial charge < -0.3 is 0 Å². The molecule has 0 radical (unpaired) electrons. The molecule has 0 aromatic carbocycles. The van der Waals surface area contributed by atoms with Crippen LogP contribution >= 0.6 is 0 Å². The zero-order chi connectivity index (χ0) is 9.97. The molecule has 2 rings (SSSR count). The number of aryl methyl sites for hydroxylation is 1. The molecule has 0 saturated heterocycles. The third kappa shape index (κ3) is 1.56. The van der Waals surface area contributed by atoms with Crippen LogP contribution in [0.4, 0.5) is 0 Å².